The summed E-state index contributed by atoms with van der Waals surface area (Å²) in [5, 5.41) is 12.7. The van der Waals surface area contributed by atoms with Gasteiger partial charge >= 0.3 is 5.82 Å². The number of hydrogen-bond acceptors (Lipinski definition) is 6. The van der Waals surface area contributed by atoms with Crippen molar-refractivity contribution >= 4 is 33.1 Å². The number of thiazole rings is 1. The van der Waals surface area contributed by atoms with Gasteiger partial charge in [0.15, 0.2) is 6.20 Å². The lowest BCUT2D eigenvalue weighted by Crippen LogP contribution is -2.06. The van der Waals surface area contributed by atoms with E-state index in [-0.39, 0.29) is 17.7 Å². The fourth-order valence-corrected chi connectivity index (χ4v) is 2.26. The Morgan fingerprint density at radius 1 is 1.56 bits per heavy atom. The first-order chi connectivity index (χ1) is 8.58. The van der Waals surface area contributed by atoms with Gasteiger partial charge in [-0.3, -0.25) is 0 Å². The highest BCUT2D eigenvalue weighted by Crippen LogP contribution is 2.31. The second kappa shape index (κ2) is 5.40. The van der Waals surface area contributed by atoms with Crippen LogP contribution in [0.25, 0.3) is 0 Å². The molecule has 0 amide bonds. The van der Waals surface area contributed by atoms with Crippen LogP contribution in [-0.2, 0) is 0 Å². The summed E-state index contributed by atoms with van der Waals surface area (Å²) in [7, 11) is 0. The Labute approximate surface area is 115 Å². The maximum absolute atomic E-state index is 10.8. The van der Waals surface area contributed by atoms with Gasteiger partial charge < -0.3 is 14.9 Å². The molecule has 18 heavy (non-hydrogen) atoms. The summed E-state index contributed by atoms with van der Waals surface area (Å²) >= 11 is 4.65. The molecule has 6 nitrogen and oxygen atoms in total. The predicted molar refractivity (Wildman–Crippen MR) is 69.7 cm³/mol. The summed E-state index contributed by atoms with van der Waals surface area (Å²) in [6.45, 7) is 1.78. The van der Waals surface area contributed by atoms with Crippen LogP contribution in [0.4, 0.5) is 5.82 Å². The molecule has 94 valence electrons. The van der Waals surface area contributed by atoms with Crippen LogP contribution < -0.4 is 4.74 Å². The topological polar surface area (TPSA) is 78.2 Å². The van der Waals surface area contributed by atoms with E-state index in [2.05, 4.69) is 25.9 Å². The standard InChI is InChI=1S/C10H8BrN3O3S/c1-6(8-4-18-5-13-8)17-9-2-7(11)3-12-10(9)14(15)16/h2-6H,1H3. The zero-order valence-electron chi connectivity index (χ0n) is 9.24. The van der Waals surface area contributed by atoms with Crippen LogP contribution in [0.3, 0.4) is 0 Å². The molecule has 0 fully saturated rings. The summed E-state index contributed by atoms with van der Waals surface area (Å²) < 4.78 is 6.16. The molecule has 0 aliphatic rings. The number of halogens is 1. The lowest BCUT2D eigenvalue weighted by Gasteiger charge is -2.12. The molecule has 0 saturated carbocycles. The molecule has 0 N–H and O–H groups in total. The lowest BCUT2D eigenvalue weighted by molar-refractivity contribution is -0.390. The number of ether oxygens (including phenoxy) is 1. The normalized spacial score (nSPS) is 12.1. The van der Waals surface area contributed by atoms with E-state index in [4.69, 9.17) is 4.74 Å². The van der Waals surface area contributed by atoms with Crippen molar-refractivity contribution in [2.24, 2.45) is 0 Å². The third-order valence-corrected chi connectivity index (χ3v) is 3.18. The summed E-state index contributed by atoms with van der Waals surface area (Å²) in [6.07, 6.45) is 0.990. The van der Waals surface area contributed by atoms with E-state index >= 15 is 0 Å². The van der Waals surface area contributed by atoms with E-state index < -0.39 is 4.92 Å². The van der Waals surface area contributed by atoms with E-state index in [0.29, 0.717) is 4.47 Å². The molecule has 2 aromatic heterocycles. The monoisotopic (exact) mass is 329 g/mol. The van der Waals surface area contributed by atoms with Gasteiger partial charge in [-0.15, -0.1) is 11.3 Å². The van der Waals surface area contributed by atoms with Gasteiger partial charge in [-0.2, -0.15) is 0 Å². The van der Waals surface area contributed by atoms with E-state index in [0.717, 1.165) is 5.69 Å². The van der Waals surface area contributed by atoms with Gasteiger partial charge in [0.1, 0.15) is 6.10 Å². The Hall–Kier alpha value is -1.54. The van der Waals surface area contributed by atoms with Crippen molar-refractivity contribution in [2.75, 3.05) is 0 Å². The van der Waals surface area contributed by atoms with E-state index in [1.807, 2.05) is 5.38 Å². The van der Waals surface area contributed by atoms with Crippen LogP contribution in [0.15, 0.2) is 27.6 Å². The van der Waals surface area contributed by atoms with Crippen molar-refractivity contribution < 1.29 is 9.66 Å². The second-order valence-electron chi connectivity index (χ2n) is 3.41. The van der Waals surface area contributed by atoms with Gasteiger partial charge in [-0.25, -0.2) is 4.98 Å². The molecule has 2 heterocycles. The molecule has 2 aromatic rings. The Morgan fingerprint density at radius 2 is 2.33 bits per heavy atom. The molecular weight excluding hydrogens is 322 g/mol. The second-order valence-corrected chi connectivity index (χ2v) is 5.04. The highest BCUT2D eigenvalue weighted by atomic mass is 79.9. The molecule has 0 saturated heterocycles. The third-order valence-electron chi connectivity index (χ3n) is 2.14. The van der Waals surface area contributed by atoms with Crippen LogP contribution >= 0.6 is 27.3 Å². The summed E-state index contributed by atoms with van der Waals surface area (Å²) in [5.74, 6) is -0.185. The smallest absolute Gasteiger partial charge is 0.406 e. The number of nitrogens with zero attached hydrogens (tertiary/aromatic N) is 3. The first kappa shape index (κ1) is 12.9. The molecule has 0 spiro atoms. The van der Waals surface area contributed by atoms with Crippen molar-refractivity contribution in [3.8, 4) is 5.75 Å². The maximum atomic E-state index is 10.8. The van der Waals surface area contributed by atoms with Crippen LogP contribution in [0.5, 0.6) is 5.75 Å². The van der Waals surface area contributed by atoms with E-state index in [1.165, 1.54) is 23.6 Å². The summed E-state index contributed by atoms with van der Waals surface area (Å²) in [6, 6.07) is 1.52. The number of hydrogen-bond donors (Lipinski definition) is 0. The van der Waals surface area contributed by atoms with Gasteiger partial charge in [0, 0.05) is 11.4 Å². The van der Waals surface area contributed by atoms with Gasteiger partial charge in [0.2, 0.25) is 5.75 Å². The minimum Gasteiger partial charge on any atom is -0.476 e. The van der Waals surface area contributed by atoms with Gasteiger partial charge in [0.05, 0.1) is 15.7 Å². The Kier molecular flexibility index (Phi) is 3.87. The molecular formula is C10H8BrN3O3S. The minimum atomic E-state index is -0.574. The van der Waals surface area contributed by atoms with E-state index in [9.17, 15) is 10.1 Å². The fourth-order valence-electron chi connectivity index (χ4n) is 1.31. The average Bonchev–Trinajstić information content (AvgIpc) is 2.81. The van der Waals surface area contributed by atoms with Crippen LogP contribution in [0.1, 0.15) is 18.7 Å². The molecule has 1 atom stereocenters. The fraction of sp³-hybridized carbons (Fsp3) is 0.200. The number of rotatable bonds is 4. The largest absolute Gasteiger partial charge is 0.476 e. The van der Waals surface area contributed by atoms with Crippen molar-refractivity contribution in [1.29, 1.82) is 0 Å². The highest BCUT2D eigenvalue weighted by molar-refractivity contribution is 9.10. The molecule has 0 aromatic carbocycles. The van der Waals surface area contributed by atoms with Crippen molar-refractivity contribution in [3.63, 3.8) is 0 Å². The number of pyridine rings is 1. The van der Waals surface area contributed by atoms with Crippen LogP contribution in [0, 0.1) is 10.1 Å². The predicted octanol–water partition coefficient (Wildman–Crippen LogP) is 3.35. The Bertz CT molecular complexity index is 562. The minimum absolute atomic E-state index is 0.120. The molecule has 2 rings (SSSR count). The zero-order valence-corrected chi connectivity index (χ0v) is 11.6. The Morgan fingerprint density at radius 3 is 2.94 bits per heavy atom. The molecule has 0 radical (unpaired) electrons. The average molecular weight is 330 g/mol. The summed E-state index contributed by atoms with van der Waals surface area (Å²) in [5.41, 5.74) is 2.41. The Balaban J connectivity index is 2.28. The SMILES string of the molecule is CC(Oc1cc(Br)cnc1[N+](=O)[O-])c1cscn1. The quantitative estimate of drug-likeness (QED) is 0.634. The highest BCUT2D eigenvalue weighted by Gasteiger charge is 2.20. The molecule has 1 unspecified atom stereocenters. The number of nitro groups is 1. The van der Waals surface area contributed by atoms with Gasteiger partial charge in [0.25, 0.3) is 0 Å². The van der Waals surface area contributed by atoms with Crippen LogP contribution in [0.2, 0.25) is 0 Å². The molecule has 0 aliphatic heterocycles. The molecule has 0 bridgehead atoms. The first-order valence-corrected chi connectivity index (χ1v) is 6.66. The van der Waals surface area contributed by atoms with Crippen molar-refractivity contribution in [2.45, 2.75) is 13.0 Å². The zero-order chi connectivity index (χ0) is 13.1. The van der Waals surface area contributed by atoms with Gasteiger partial charge in [-0.05, 0) is 32.8 Å². The van der Waals surface area contributed by atoms with Crippen molar-refractivity contribution in [3.05, 3.63) is 43.4 Å². The summed E-state index contributed by atoms with van der Waals surface area (Å²) in [4.78, 5) is 18.1. The number of aromatic nitrogens is 2. The maximum Gasteiger partial charge on any atom is 0.406 e. The molecule has 0 aliphatic carbocycles. The van der Waals surface area contributed by atoms with Gasteiger partial charge in [-0.1, -0.05) is 0 Å². The lowest BCUT2D eigenvalue weighted by atomic mass is 10.3. The van der Waals surface area contributed by atoms with E-state index in [1.54, 1.807) is 12.4 Å². The van der Waals surface area contributed by atoms with Crippen molar-refractivity contribution in [1.82, 2.24) is 9.97 Å². The first-order valence-electron chi connectivity index (χ1n) is 4.92. The molecule has 8 heteroatoms. The van der Waals surface area contributed by atoms with Crippen LogP contribution in [-0.4, -0.2) is 14.9 Å². The third kappa shape index (κ3) is 2.82.